The predicted molar refractivity (Wildman–Crippen MR) is 79.2 cm³/mol. The summed E-state index contributed by atoms with van der Waals surface area (Å²) in [5.41, 5.74) is 0.593. The fraction of sp³-hybridized carbons (Fsp3) is 0.533. The minimum Gasteiger partial charge on any atom is -0.493 e. The minimum absolute atomic E-state index is 0.0145. The van der Waals surface area contributed by atoms with E-state index in [-0.39, 0.29) is 29.4 Å². The standard InChI is InChI=1S/C15H18O6S/c1-20-12-3-2-10(15(4-5-15)7-14(16)17)6-13(12)21-11-8-22(18,19)9-11/h2-3,6,11H,4-5,7-9H2,1H3,(H,16,17). The highest BCUT2D eigenvalue weighted by atomic mass is 32.2. The highest BCUT2D eigenvalue weighted by molar-refractivity contribution is 7.92. The second-order valence-corrected chi connectivity index (χ2v) is 8.19. The summed E-state index contributed by atoms with van der Waals surface area (Å²) in [6.07, 6.45) is 1.41. The number of ether oxygens (including phenoxy) is 2. The normalized spacial score (nSPS) is 21.7. The van der Waals surface area contributed by atoms with Crippen LogP contribution in [0.15, 0.2) is 18.2 Å². The summed E-state index contributed by atoms with van der Waals surface area (Å²) in [4.78, 5) is 11.0. The van der Waals surface area contributed by atoms with E-state index in [9.17, 15) is 13.2 Å². The van der Waals surface area contributed by atoms with Crippen molar-refractivity contribution in [1.29, 1.82) is 0 Å². The van der Waals surface area contributed by atoms with Crippen molar-refractivity contribution in [3.05, 3.63) is 23.8 Å². The van der Waals surface area contributed by atoms with Gasteiger partial charge in [-0.2, -0.15) is 0 Å². The fourth-order valence-electron chi connectivity index (χ4n) is 2.87. The summed E-state index contributed by atoms with van der Waals surface area (Å²) in [6, 6.07) is 5.40. The van der Waals surface area contributed by atoms with Crippen LogP contribution in [0.2, 0.25) is 0 Å². The molecule has 2 aliphatic rings. The highest BCUT2D eigenvalue weighted by Gasteiger charge is 2.46. The van der Waals surface area contributed by atoms with Crippen molar-refractivity contribution in [1.82, 2.24) is 0 Å². The number of sulfone groups is 1. The van der Waals surface area contributed by atoms with Crippen LogP contribution in [0.25, 0.3) is 0 Å². The van der Waals surface area contributed by atoms with E-state index in [0.29, 0.717) is 11.5 Å². The molecule has 3 rings (SSSR count). The van der Waals surface area contributed by atoms with Gasteiger partial charge in [0.1, 0.15) is 6.10 Å². The Hall–Kier alpha value is -1.76. The van der Waals surface area contributed by atoms with Crippen molar-refractivity contribution in [2.45, 2.75) is 30.8 Å². The number of methoxy groups -OCH3 is 1. The Kier molecular flexibility index (Phi) is 3.55. The van der Waals surface area contributed by atoms with Crippen molar-refractivity contribution < 1.29 is 27.8 Å². The number of carboxylic acid groups (broad SMARTS) is 1. The van der Waals surface area contributed by atoms with Gasteiger partial charge in [0, 0.05) is 5.41 Å². The Morgan fingerprint density at radius 1 is 1.32 bits per heavy atom. The van der Waals surface area contributed by atoms with Crippen LogP contribution < -0.4 is 9.47 Å². The molecule has 0 aromatic heterocycles. The van der Waals surface area contributed by atoms with Gasteiger partial charge in [0.2, 0.25) is 0 Å². The Labute approximate surface area is 129 Å². The molecule has 1 aromatic carbocycles. The minimum atomic E-state index is -2.96. The molecule has 0 radical (unpaired) electrons. The Morgan fingerprint density at radius 2 is 2.00 bits per heavy atom. The molecule has 2 fully saturated rings. The molecular weight excluding hydrogens is 308 g/mol. The van der Waals surface area contributed by atoms with Crippen LogP contribution in [-0.2, 0) is 20.0 Å². The molecule has 1 heterocycles. The molecule has 22 heavy (non-hydrogen) atoms. The average molecular weight is 326 g/mol. The van der Waals surface area contributed by atoms with E-state index >= 15 is 0 Å². The largest absolute Gasteiger partial charge is 0.493 e. The molecule has 0 amide bonds. The van der Waals surface area contributed by atoms with E-state index in [4.69, 9.17) is 14.6 Å². The molecule has 1 saturated heterocycles. The average Bonchev–Trinajstić information content (AvgIpc) is 3.16. The molecule has 6 nitrogen and oxygen atoms in total. The molecule has 1 N–H and O–H groups in total. The van der Waals surface area contributed by atoms with E-state index in [0.717, 1.165) is 18.4 Å². The Morgan fingerprint density at radius 3 is 2.50 bits per heavy atom. The van der Waals surface area contributed by atoms with Crippen molar-refractivity contribution in [3.8, 4) is 11.5 Å². The summed E-state index contributed by atoms with van der Waals surface area (Å²) in [7, 11) is -1.44. The third-order valence-corrected chi connectivity index (χ3v) is 6.05. The number of benzene rings is 1. The van der Waals surface area contributed by atoms with Crippen LogP contribution in [0.4, 0.5) is 0 Å². The van der Waals surface area contributed by atoms with Gasteiger partial charge >= 0.3 is 5.97 Å². The van der Waals surface area contributed by atoms with Crippen molar-refractivity contribution in [2.24, 2.45) is 0 Å². The molecule has 1 aliphatic heterocycles. The van der Waals surface area contributed by atoms with Gasteiger partial charge in [0.15, 0.2) is 21.3 Å². The Bertz CT molecular complexity index is 693. The lowest BCUT2D eigenvalue weighted by atomic mass is 9.92. The zero-order valence-electron chi connectivity index (χ0n) is 12.2. The third-order valence-electron chi connectivity index (χ3n) is 4.29. The quantitative estimate of drug-likeness (QED) is 0.849. The van der Waals surface area contributed by atoms with Gasteiger partial charge in [0.25, 0.3) is 0 Å². The monoisotopic (exact) mass is 326 g/mol. The zero-order valence-corrected chi connectivity index (χ0v) is 13.1. The number of hydrogen-bond acceptors (Lipinski definition) is 5. The molecule has 0 bridgehead atoms. The molecule has 0 atom stereocenters. The van der Waals surface area contributed by atoms with E-state index in [2.05, 4.69) is 0 Å². The van der Waals surface area contributed by atoms with Crippen LogP contribution >= 0.6 is 0 Å². The summed E-state index contributed by atoms with van der Waals surface area (Å²) >= 11 is 0. The van der Waals surface area contributed by atoms with Gasteiger partial charge in [-0.3, -0.25) is 4.79 Å². The number of carbonyl (C=O) groups is 1. The maximum atomic E-state index is 11.2. The molecular formula is C15H18O6S. The van der Waals surface area contributed by atoms with E-state index in [1.54, 1.807) is 12.1 Å². The van der Waals surface area contributed by atoms with Crippen molar-refractivity contribution in [3.63, 3.8) is 0 Å². The molecule has 7 heteroatoms. The van der Waals surface area contributed by atoms with E-state index < -0.39 is 15.8 Å². The lowest BCUT2D eigenvalue weighted by molar-refractivity contribution is -0.137. The number of rotatable bonds is 6. The molecule has 1 saturated carbocycles. The van der Waals surface area contributed by atoms with Crippen LogP contribution in [-0.4, -0.2) is 44.2 Å². The van der Waals surface area contributed by atoms with Crippen LogP contribution in [0, 0.1) is 0 Å². The van der Waals surface area contributed by atoms with Crippen molar-refractivity contribution >= 4 is 15.8 Å². The maximum Gasteiger partial charge on any atom is 0.304 e. The number of aliphatic carboxylic acids is 1. The maximum absolute atomic E-state index is 11.2. The first kappa shape index (κ1) is 15.1. The highest BCUT2D eigenvalue weighted by Crippen LogP contribution is 2.52. The Balaban J connectivity index is 1.82. The summed E-state index contributed by atoms with van der Waals surface area (Å²) in [6.45, 7) is 0. The van der Waals surface area contributed by atoms with Crippen LogP contribution in [0.1, 0.15) is 24.8 Å². The molecule has 120 valence electrons. The van der Waals surface area contributed by atoms with Crippen molar-refractivity contribution in [2.75, 3.05) is 18.6 Å². The lowest BCUT2D eigenvalue weighted by Crippen LogP contribution is -2.45. The summed E-state index contributed by atoms with van der Waals surface area (Å²) < 4.78 is 33.4. The van der Waals surface area contributed by atoms with Crippen LogP contribution in [0.3, 0.4) is 0 Å². The van der Waals surface area contributed by atoms with E-state index in [1.165, 1.54) is 7.11 Å². The van der Waals surface area contributed by atoms with Gasteiger partial charge in [-0.1, -0.05) is 6.07 Å². The molecule has 0 unspecified atom stereocenters. The summed E-state index contributed by atoms with van der Waals surface area (Å²) in [5, 5.41) is 9.05. The lowest BCUT2D eigenvalue weighted by Gasteiger charge is -2.27. The third kappa shape index (κ3) is 2.90. The second-order valence-electron chi connectivity index (χ2n) is 6.03. The zero-order chi connectivity index (χ0) is 16.0. The first-order valence-corrected chi connectivity index (χ1v) is 8.93. The smallest absolute Gasteiger partial charge is 0.304 e. The first-order valence-electron chi connectivity index (χ1n) is 7.11. The SMILES string of the molecule is COc1ccc(C2(CC(=O)O)CC2)cc1OC1CS(=O)(=O)C1. The first-order chi connectivity index (χ1) is 10.3. The fourth-order valence-corrected chi connectivity index (χ4v) is 4.04. The van der Waals surface area contributed by atoms with E-state index in [1.807, 2.05) is 6.07 Å². The number of carboxylic acids is 1. The van der Waals surface area contributed by atoms with Gasteiger partial charge in [-0.25, -0.2) is 8.42 Å². The van der Waals surface area contributed by atoms with Gasteiger partial charge < -0.3 is 14.6 Å². The molecule has 1 aliphatic carbocycles. The van der Waals surface area contributed by atoms with Gasteiger partial charge in [-0.15, -0.1) is 0 Å². The molecule has 0 spiro atoms. The van der Waals surface area contributed by atoms with Crippen LogP contribution in [0.5, 0.6) is 11.5 Å². The predicted octanol–water partition coefficient (Wildman–Crippen LogP) is 1.38. The topological polar surface area (TPSA) is 89.9 Å². The second kappa shape index (κ2) is 5.15. The number of hydrogen-bond donors (Lipinski definition) is 1. The van der Waals surface area contributed by atoms with Gasteiger partial charge in [0.05, 0.1) is 25.0 Å². The molecule has 1 aromatic rings. The summed E-state index contributed by atoms with van der Waals surface area (Å²) in [5.74, 6) is 0.220. The van der Waals surface area contributed by atoms with Gasteiger partial charge in [-0.05, 0) is 30.5 Å².